The Bertz CT molecular complexity index is 163. The van der Waals surface area contributed by atoms with Gasteiger partial charge in [0.2, 0.25) is 0 Å². The summed E-state index contributed by atoms with van der Waals surface area (Å²) >= 11 is 0. The van der Waals surface area contributed by atoms with Crippen molar-refractivity contribution in [1.29, 1.82) is 0 Å². The summed E-state index contributed by atoms with van der Waals surface area (Å²) in [6.45, 7) is 8.75. The van der Waals surface area contributed by atoms with Gasteiger partial charge >= 0.3 is 0 Å². The average molecular weight is 168 g/mol. The zero-order chi connectivity index (χ0) is 9.61. The molecule has 0 heterocycles. The Morgan fingerprint density at radius 1 is 1.42 bits per heavy atom. The van der Waals surface area contributed by atoms with Gasteiger partial charge in [0, 0.05) is 6.21 Å². The van der Waals surface area contributed by atoms with E-state index in [1.807, 2.05) is 0 Å². The second-order valence-corrected chi connectivity index (χ2v) is 3.97. The molecule has 1 atom stereocenters. The van der Waals surface area contributed by atoms with Gasteiger partial charge in [0.25, 0.3) is 0 Å². The fourth-order valence-corrected chi connectivity index (χ4v) is 1.14. The van der Waals surface area contributed by atoms with Crippen molar-refractivity contribution in [1.82, 2.24) is 0 Å². The van der Waals surface area contributed by atoms with E-state index in [-0.39, 0.29) is 5.41 Å². The Morgan fingerprint density at radius 2 is 2.00 bits per heavy atom. The van der Waals surface area contributed by atoms with Crippen LogP contribution in [0, 0.1) is 5.41 Å². The maximum atomic E-state index is 5.19. The molecule has 0 aliphatic rings. The zero-order valence-corrected chi connectivity index (χ0v) is 8.54. The Hall–Kier alpha value is -0.790. The van der Waals surface area contributed by atoms with E-state index in [0.717, 1.165) is 6.42 Å². The quantitative estimate of drug-likeness (QED) is 0.645. The molecule has 0 bridgehead atoms. The lowest BCUT2D eigenvalue weighted by Gasteiger charge is -2.25. The smallest absolute Gasteiger partial charge is 0.0545 e. The van der Waals surface area contributed by atoms with Gasteiger partial charge in [0.05, 0.1) is 6.04 Å². The van der Waals surface area contributed by atoms with Crippen LogP contribution >= 0.6 is 0 Å². The summed E-state index contributed by atoms with van der Waals surface area (Å²) in [5.74, 6) is 0. The predicted octanol–water partition coefficient (Wildman–Crippen LogP) is 2.35. The van der Waals surface area contributed by atoms with Crippen molar-refractivity contribution in [3.63, 3.8) is 0 Å². The van der Waals surface area contributed by atoms with Crippen LogP contribution < -0.4 is 5.73 Å². The van der Waals surface area contributed by atoms with Crippen molar-refractivity contribution in [2.75, 3.05) is 0 Å². The van der Waals surface area contributed by atoms with Gasteiger partial charge in [-0.15, -0.1) is 0 Å². The molecule has 2 N–H and O–H groups in total. The largest absolute Gasteiger partial charge is 0.405 e. The van der Waals surface area contributed by atoms with Crippen molar-refractivity contribution in [2.24, 2.45) is 16.1 Å². The summed E-state index contributed by atoms with van der Waals surface area (Å²) < 4.78 is 0. The van der Waals surface area contributed by atoms with Crippen molar-refractivity contribution in [2.45, 2.75) is 40.2 Å². The normalized spacial score (nSPS) is 16.0. The van der Waals surface area contributed by atoms with Crippen LogP contribution in [-0.4, -0.2) is 12.3 Å². The third-order valence-corrected chi connectivity index (χ3v) is 1.85. The van der Waals surface area contributed by atoms with Gasteiger partial charge in [-0.1, -0.05) is 27.7 Å². The van der Waals surface area contributed by atoms with Gasteiger partial charge in [0.1, 0.15) is 0 Å². The first-order valence-corrected chi connectivity index (χ1v) is 4.42. The number of hydrogen-bond donors (Lipinski definition) is 1. The lowest BCUT2D eigenvalue weighted by Crippen LogP contribution is -2.23. The summed E-state index contributed by atoms with van der Waals surface area (Å²) in [5, 5.41) is 0. The van der Waals surface area contributed by atoms with Crippen LogP contribution in [0.15, 0.2) is 17.3 Å². The molecule has 70 valence electrons. The lowest BCUT2D eigenvalue weighted by molar-refractivity contribution is 0.316. The van der Waals surface area contributed by atoms with E-state index in [9.17, 15) is 0 Å². The monoisotopic (exact) mass is 168 g/mol. The molecule has 0 radical (unpaired) electrons. The van der Waals surface area contributed by atoms with Crippen LogP contribution in [0.4, 0.5) is 0 Å². The molecule has 12 heavy (non-hydrogen) atoms. The number of allylic oxidation sites excluding steroid dienone is 1. The van der Waals surface area contributed by atoms with Crippen LogP contribution in [0.5, 0.6) is 0 Å². The van der Waals surface area contributed by atoms with Gasteiger partial charge < -0.3 is 5.73 Å². The zero-order valence-electron chi connectivity index (χ0n) is 8.54. The number of hydrogen-bond acceptors (Lipinski definition) is 2. The molecule has 0 aliphatic carbocycles. The van der Waals surface area contributed by atoms with Gasteiger partial charge in [0.15, 0.2) is 0 Å². The van der Waals surface area contributed by atoms with Gasteiger partial charge in [-0.25, -0.2) is 0 Å². The summed E-state index contributed by atoms with van der Waals surface area (Å²) in [6.07, 6.45) is 6.10. The molecule has 0 fully saturated rings. The molecular weight excluding hydrogens is 148 g/mol. The van der Waals surface area contributed by atoms with Crippen molar-refractivity contribution in [3.8, 4) is 0 Å². The average Bonchev–Trinajstić information content (AvgIpc) is 1.95. The summed E-state index contributed by atoms with van der Waals surface area (Å²) in [7, 11) is 0. The van der Waals surface area contributed by atoms with E-state index in [0.29, 0.717) is 6.04 Å². The van der Waals surface area contributed by atoms with E-state index < -0.39 is 0 Å². The molecule has 0 rings (SSSR count). The molecule has 1 unspecified atom stereocenters. The van der Waals surface area contributed by atoms with Crippen LogP contribution in [0.25, 0.3) is 0 Å². The molecule has 0 aromatic heterocycles. The van der Waals surface area contributed by atoms with E-state index in [2.05, 4.69) is 32.7 Å². The van der Waals surface area contributed by atoms with Gasteiger partial charge in [-0.2, -0.15) is 0 Å². The minimum absolute atomic E-state index is 0.244. The van der Waals surface area contributed by atoms with Gasteiger partial charge in [-0.3, -0.25) is 4.99 Å². The molecule has 0 saturated carbocycles. The first kappa shape index (κ1) is 11.2. The van der Waals surface area contributed by atoms with Crippen LogP contribution in [0.3, 0.4) is 0 Å². The summed E-state index contributed by atoms with van der Waals surface area (Å²) in [5.41, 5.74) is 5.44. The Balaban J connectivity index is 4.18. The highest BCUT2D eigenvalue weighted by Crippen LogP contribution is 2.24. The minimum Gasteiger partial charge on any atom is -0.405 e. The van der Waals surface area contributed by atoms with Crippen molar-refractivity contribution in [3.05, 3.63) is 12.3 Å². The molecular formula is C10H20N2. The maximum Gasteiger partial charge on any atom is 0.0545 e. The highest BCUT2D eigenvalue weighted by Gasteiger charge is 2.20. The van der Waals surface area contributed by atoms with E-state index in [1.165, 1.54) is 6.20 Å². The van der Waals surface area contributed by atoms with E-state index in [4.69, 9.17) is 5.73 Å². The lowest BCUT2D eigenvalue weighted by atomic mass is 9.86. The second-order valence-electron chi connectivity index (χ2n) is 3.97. The molecule has 0 amide bonds. The Morgan fingerprint density at radius 3 is 2.33 bits per heavy atom. The number of rotatable bonds is 3. The first-order chi connectivity index (χ1) is 5.52. The van der Waals surface area contributed by atoms with Crippen molar-refractivity contribution >= 4 is 6.21 Å². The summed E-state index contributed by atoms with van der Waals surface area (Å²) in [6, 6.07) is 0.383. The second kappa shape index (κ2) is 4.96. The fraction of sp³-hybridized carbons (Fsp3) is 0.700. The van der Waals surface area contributed by atoms with Crippen LogP contribution in [0.2, 0.25) is 0 Å². The van der Waals surface area contributed by atoms with E-state index >= 15 is 0 Å². The number of nitrogens with zero attached hydrogens (tertiary/aromatic N) is 1. The number of aliphatic imine (C=N–C) groups is 1. The highest BCUT2D eigenvalue weighted by atomic mass is 14.8. The SMILES string of the molecule is CCC(N=C/C=C\N)C(C)(C)C. The van der Waals surface area contributed by atoms with Crippen molar-refractivity contribution < 1.29 is 0 Å². The van der Waals surface area contributed by atoms with Crippen LogP contribution in [-0.2, 0) is 0 Å². The molecule has 0 aromatic rings. The van der Waals surface area contributed by atoms with E-state index in [1.54, 1.807) is 12.3 Å². The third kappa shape index (κ3) is 4.16. The summed E-state index contributed by atoms with van der Waals surface area (Å²) in [4.78, 5) is 4.41. The molecule has 0 saturated heterocycles. The Kier molecular flexibility index (Phi) is 4.64. The Labute approximate surface area is 75.6 Å². The fourth-order valence-electron chi connectivity index (χ4n) is 1.14. The molecule has 0 aliphatic heterocycles. The molecule has 2 heteroatoms. The van der Waals surface area contributed by atoms with Gasteiger partial charge in [-0.05, 0) is 24.1 Å². The maximum absolute atomic E-state index is 5.19. The third-order valence-electron chi connectivity index (χ3n) is 1.85. The first-order valence-electron chi connectivity index (χ1n) is 4.42. The highest BCUT2D eigenvalue weighted by molar-refractivity contribution is 5.70. The molecule has 0 aromatic carbocycles. The predicted molar refractivity (Wildman–Crippen MR) is 55.4 cm³/mol. The number of nitrogens with two attached hydrogens (primary N) is 1. The molecule has 2 nitrogen and oxygen atoms in total. The molecule has 0 spiro atoms. The van der Waals surface area contributed by atoms with Crippen LogP contribution in [0.1, 0.15) is 34.1 Å². The standard InChI is InChI=1S/C10H20N2/c1-5-9(10(2,3)4)12-8-6-7-11/h6-9H,5,11H2,1-4H3/b7-6-,12-8?. The minimum atomic E-state index is 0.244. The topological polar surface area (TPSA) is 38.4 Å².